The molecule has 1 aromatic carbocycles. The van der Waals surface area contributed by atoms with Gasteiger partial charge in [-0.2, -0.15) is 0 Å². The van der Waals surface area contributed by atoms with E-state index in [0.717, 1.165) is 36.0 Å². The molecule has 0 radical (unpaired) electrons. The van der Waals surface area contributed by atoms with E-state index < -0.39 is 0 Å². The van der Waals surface area contributed by atoms with E-state index in [2.05, 4.69) is 21.2 Å². The lowest BCUT2D eigenvalue weighted by molar-refractivity contribution is -0.130. The van der Waals surface area contributed by atoms with Crippen LogP contribution >= 0.6 is 15.9 Å². The molecule has 0 saturated carbocycles. The molecule has 0 bridgehead atoms. The van der Waals surface area contributed by atoms with E-state index in [1.54, 1.807) is 6.07 Å². The maximum Gasteiger partial charge on any atom is 0.252 e. The molecule has 1 N–H and O–H groups in total. The van der Waals surface area contributed by atoms with Gasteiger partial charge < -0.3 is 10.2 Å². The van der Waals surface area contributed by atoms with E-state index in [1.807, 2.05) is 24.0 Å². The molecule has 1 aliphatic rings. The number of likely N-dealkylation sites (tertiary alicyclic amines) is 1. The second-order valence-corrected chi connectivity index (χ2v) is 5.96. The van der Waals surface area contributed by atoms with Gasteiger partial charge in [0.2, 0.25) is 5.91 Å². The van der Waals surface area contributed by atoms with Crippen LogP contribution in [0.2, 0.25) is 0 Å². The summed E-state index contributed by atoms with van der Waals surface area (Å²) in [6.07, 6.45) is 3.30. The highest BCUT2D eigenvalue weighted by atomic mass is 79.9. The Bertz CT molecular complexity index is 511. The summed E-state index contributed by atoms with van der Waals surface area (Å²) in [6, 6.07) is 5.54. The number of hydrogen-bond acceptors (Lipinski definition) is 2. The first-order valence-electron chi connectivity index (χ1n) is 6.90. The number of rotatable bonds is 3. The Morgan fingerprint density at radius 2 is 1.95 bits per heavy atom. The molecule has 0 aromatic heterocycles. The van der Waals surface area contributed by atoms with E-state index in [-0.39, 0.29) is 18.4 Å². The predicted octanol–water partition coefficient (Wildman–Crippen LogP) is 2.50. The minimum Gasteiger partial charge on any atom is -0.343 e. The quantitative estimate of drug-likeness (QED) is 0.920. The molecule has 0 unspecified atom stereocenters. The van der Waals surface area contributed by atoms with Gasteiger partial charge in [0.1, 0.15) is 0 Å². The molecular weight excluding hydrogens is 320 g/mol. The molecule has 108 valence electrons. The molecular formula is C15H19BrN2O2. The van der Waals surface area contributed by atoms with E-state index >= 15 is 0 Å². The normalized spacial score (nSPS) is 15.0. The molecule has 1 fully saturated rings. The van der Waals surface area contributed by atoms with Gasteiger partial charge in [-0.1, -0.05) is 6.07 Å². The monoisotopic (exact) mass is 338 g/mol. The van der Waals surface area contributed by atoms with Crippen LogP contribution in [0.15, 0.2) is 22.7 Å². The largest absolute Gasteiger partial charge is 0.343 e. The second kappa shape index (κ2) is 6.88. The van der Waals surface area contributed by atoms with Gasteiger partial charge in [-0.25, -0.2) is 0 Å². The van der Waals surface area contributed by atoms with Gasteiger partial charge in [-0.3, -0.25) is 9.59 Å². The Labute approximate surface area is 127 Å². The number of carbonyl (C=O) groups is 2. The van der Waals surface area contributed by atoms with Crippen LogP contribution < -0.4 is 5.32 Å². The first kappa shape index (κ1) is 15.0. The Morgan fingerprint density at radius 1 is 1.25 bits per heavy atom. The number of halogens is 1. The fourth-order valence-electron chi connectivity index (χ4n) is 2.31. The minimum atomic E-state index is -0.220. The smallest absolute Gasteiger partial charge is 0.252 e. The van der Waals surface area contributed by atoms with E-state index in [4.69, 9.17) is 0 Å². The average molecular weight is 339 g/mol. The Kier molecular flexibility index (Phi) is 5.17. The molecule has 0 spiro atoms. The number of benzene rings is 1. The highest BCUT2D eigenvalue weighted by molar-refractivity contribution is 9.10. The van der Waals surface area contributed by atoms with Crippen molar-refractivity contribution in [2.45, 2.75) is 26.2 Å². The number of amides is 2. The Balaban J connectivity index is 1.89. The summed E-state index contributed by atoms with van der Waals surface area (Å²) in [5, 5.41) is 2.70. The average Bonchev–Trinajstić information content (AvgIpc) is 2.45. The van der Waals surface area contributed by atoms with Crippen LogP contribution in [0.5, 0.6) is 0 Å². The van der Waals surface area contributed by atoms with Crippen molar-refractivity contribution < 1.29 is 9.59 Å². The summed E-state index contributed by atoms with van der Waals surface area (Å²) in [6.45, 7) is 3.65. The fraction of sp³-hybridized carbons (Fsp3) is 0.467. The van der Waals surface area contributed by atoms with Crippen molar-refractivity contribution in [1.29, 1.82) is 0 Å². The number of nitrogens with one attached hydrogen (secondary N) is 1. The third kappa shape index (κ3) is 3.82. The number of hydrogen-bond donors (Lipinski definition) is 1. The first-order chi connectivity index (χ1) is 9.58. The Morgan fingerprint density at radius 3 is 2.60 bits per heavy atom. The molecule has 1 heterocycles. The van der Waals surface area contributed by atoms with Crippen LogP contribution in [0.1, 0.15) is 35.2 Å². The van der Waals surface area contributed by atoms with Crippen LogP contribution in [0.4, 0.5) is 0 Å². The summed E-state index contributed by atoms with van der Waals surface area (Å²) in [5.74, 6) is -0.219. The van der Waals surface area contributed by atoms with Crippen molar-refractivity contribution in [3.05, 3.63) is 33.8 Å². The summed E-state index contributed by atoms with van der Waals surface area (Å²) in [7, 11) is 0. The van der Waals surface area contributed by atoms with Crippen molar-refractivity contribution in [2.75, 3.05) is 19.6 Å². The van der Waals surface area contributed by atoms with Crippen LogP contribution in [0.3, 0.4) is 0 Å². The summed E-state index contributed by atoms with van der Waals surface area (Å²) >= 11 is 3.38. The predicted molar refractivity (Wildman–Crippen MR) is 81.6 cm³/mol. The molecule has 20 heavy (non-hydrogen) atoms. The van der Waals surface area contributed by atoms with Crippen LogP contribution in [-0.2, 0) is 4.79 Å². The third-order valence-electron chi connectivity index (χ3n) is 3.48. The lowest BCUT2D eigenvalue weighted by Gasteiger charge is -2.26. The summed E-state index contributed by atoms with van der Waals surface area (Å²) in [4.78, 5) is 25.9. The zero-order chi connectivity index (χ0) is 14.5. The van der Waals surface area contributed by atoms with Gasteiger partial charge >= 0.3 is 0 Å². The molecule has 0 atom stereocenters. The molecule has 1 saturated heterocycles. The van der Waals surface area contributed by atoms with Crippen molar-refractivity contribution in [3.8, 4) is 0 Å². The van der Waals surface area contributed by atoms with Crippen molar-refractivity contribution in [2.24, 2.45) is 0 Å². The van der Waals surface area contributed by atoms with Gasteiger partial charge in [0.15, 0.2) is 0 Å². The molecule has 2 rings (SSSR count). The van der Waals surface area contributed by atoms with Gasteiger partial charge in [0.25, 0.3) is 5.91 Å². The second-order valence-electron chi connectivity index (χ2n) is 5.11. The topological polar surface area (TPSA) is 49.4 Å². The third-order valence-corrected chi connectivity index (χ3v) is 4.13. The summed E-state index contributed by atoms with van der Waals surface area (Å²) in [5.41, 5.74) is 1.64. The molecule has 0 aliphatic carbocycles. The van der Waals surface area contributed by atoms with Gasteiger partial charge in [0, 0.05) is 17.6 Å². The SMILES string of the molecule is Cc1ccc(C(=O)NCC(=O)N2CCCCC2)c(Br)c1. The number of piperidine rings is 1. The van der Waals surface area contributed by atoms with E-state index in [0.29, 0.717) is 5.56 Å². The minimum absolute atomic E-state index is 0.00119. The lowest BCUT2D eigenvalue weighted by Crippen LogP contribution is -2.42. The molecule has 2 amide bonds. The maximum atomic E-state index is 12.1. The number of nitrogens with zero attached hydrogens (tertiary/aromatic N) is 1. The first-order valence-corrected chi connectivity index (χ1v) is 7.69. The van der Waals surface area contributed by atoms with Crippen molar-refractivity contribution in [3.63, 3.8) is 0 Å². The molecule has 1 aromatic rings. The van der Waals surface area contributed by atoms with Crippen molar-refractivity contribution in [1.82, 2.24) is 10.2 Å². The van der Waals surface area contributed by atoms with Crippen molar-refractivity contribution >= 4 is 27.7 Å². The molecule has 1 aliphatic heterocycles. The molecule has 5 heteroatoms. The van der Waals surface area contributed by atoms with Gasteiger partial charge in [-0.15, -0.1) is 0 Å². The van der Waals surface area contributed by atoms with Crippen LogP contribution in [-0.4, -0.2) is 36.3 Å². The number of carbonyl (C=O) groups excluding carboxylic acids is 2. The van der Waals surface area contributed by atoms with E-state index in [1.165, 1.54) is 6.42 Å². The fourth-order valence-corrected chi connectivity index (χ4v) is 2.98. The van der Waals surface area contributed by atoms with E-state index in [9.17, 15) is 9.59 Å². The lowest BCUT2D eigenvalue weighted by atomic mass is 10.1. The zero-order valence-corrected chi connectivity index (χ0v) is 13.2. The summed E-state index contributed by atoms with van der Waals surface area (Å²) < 4.78 is 0.750. The van der Waals surface area contributed by atoms with Gasteiger partial charge in [0.05, 0.1) is 12.1 Å². The maximum absolute atomic E-state index is 12.1. The van der Waals surface area contributed by atoms with Gasteiger partial charge in [-0.05, 0) is 59.8 Å². The zero-order valence-electron chi connectivity index (χ0n) is 11.6. The highest BCUT2D eigenvalue weighted by Crippen LogP contribution is 2.18. The van der Waals surface area contributed by atoms with Crippen LogP contribution in [0, 0.1) is 6.92 Å². The number of aryl methyl sites for hydroxylation is 1. The highest BCUT2D eigenvalue weighted by Gasteiger charge is 2.17. The molecule has 4 nitrogen and oxygen atoms in total. The van der Waals surface area contributed by atoms with Crippen LogP contribution in [0.25, 0.3) is 0 Å². The standard InChI is InChI=1S/C15H19BrN2O2/c1-11-5-6-12(13(16)9-11)15(20)17-10-14(19)18-7-3-2-4-8-18/h5-6,9H,2-4,7-8,10H2,1H3,(H,17,20). The Hall–Kier alpha value is -1.36.